The molecule has 2 unspecified atom stereocenters. The van der Waals surface area contributed by atoms with E-state index in [1.807, 2.05) is 26.0 Å². The number of nitrogens with zero attached hydrogens (tertiary/aromatic N) is 3. The Morgan fingerprint density at radius 2 is 1.76 bits per heavy atom. The van der Waals surface area contributed by atoms with Gasteiger partial charge in [-0.1, -0.05) is 23.2 Å². The van der Waals surface area contributed by atoms with Crippen molar-refractivity contribution in [2.75, 3.05) is 0 Å². The van der Waals surface area contributed by atoms with Gasteiger partial charge in [0.25, 0.3) is 0 Å². The van der Waals surface area contributed by atoms with E-state index in [4.69, 9.17) is 37.4 Å². The average molecular weight is 434 g/mol. The third-order valence-corrected chi connectivity index (χ3v) is 5.25. The molecule has 0 aliphatic carbocycles. The summed E-state index contributed by atoms with van der Waals surface area (Å²) in [5.41, 5.74) is 0.719. The Bertz CT molecular complexity index is 954. The van der Waals surface area contributed by atoms with E-state index in [1.54, 1.807) is 41.3 Å². The minimum atomic E-state index is -1.07. The van der Waals surface area contributed by atoms with Crippen molar-refractivity contribution in [3.8, 4) is 11.5 Å². The van der Waals surface area contributed by atoms with E-state index in [2.05, 4.69) is 10.1 Å². The fourth-order valence-electron chi connectivity index (χ4n) is 3.56. The molecule has 1 aromatic heterocycles. The second-order valence-corrected chi connectivity index (χ2v) is 7.98. The summed E-state index contributed by atoms with van der Waals surface area (Å²) in [7, 11) is 0. The second kappa shape index (κ2) is 8.32. The van der Waals surface area contributed by atoms with E-state index < -0.39 is 5.79 Å². The molecule has 0 N–H and O–H groups in total. The van der Waals surface area contributed by atoms with Crippen LogP contribution in [0.25, 0.3) is 0 Å². The van der Waals surface area contributed by atoms with Gasteiger partial charge in [0.1, 0.15) is 30.7 Å². The maximum absolute atomic E-state index is 6.67. The molecule has 3 aromatic rings. The predicted octanol–water partition coefficient (Wildman–Crippen LogP) is 5.44. The summed E-state index contributed by atoms with van der Waals surface area (Å²) in [6.07, 6.45) is 3.92. The Kier molecular flexibility index (Phi) is 5.79. The summed E-state index contributed by atoms with van der Waals surface area (Å²) in [5, 5.41) is 5.34. The molecule has 2 aromatic carbocycles. The van der Waals surface area contributed by atoms with Crippen LogP contribution in [0.4, 0.5) is 0 Å². The molecular formula is C21H21Cl2N3O3. The third-order valence-electron chi connectivity index (χ3n) is 4.68. The van der Waals surface area contributed by atoms with Crippen LogP contribution in [-0.2, 0) is 21.8 Å². The van der Waals surface area contributed by atoms with E-state index in [-0.39, 0.29) is 12.2 Å². The van der Waals surface area contributed by atoms with Gasteiger partial charge < -0.3 is 14.2 Å². The summed E-state index contributed by atoms with van der Waals surface area (Å²) in [6, 6.07) is 12.6. The van der Waals surface area contributed by atoms with Crippen LogP contribution in [0.1, 0.15) is 25.8 Å². The Hall–Kier alpha value is -2.12. The Morgan fingerprint density at radius 1 is 1.07 bits per heavy atom. The molecule has 29 heavy (non-hydrogen) atoms. The van der Waals surface area contributed by atoms with Crippen molar-refractivity contribution in [3.63, 3.8) is 0 Å². The molecule has 0 saturated carbocycles. The lowest BCUT2D eigenvalue weighted by molar-refractivity contribution is -0.328. The first kappa shape index (κ1) is 20.2. The van der Waals surface area contributed by atoms with Crippen LogP contribution in [-0.4, -0.2) is 27.0 Å². The topological polar surface area (TPSA) is 58.4 Å². The molecule has 2 atom stereocenters. The Balaban J connectivity index is 1.66. The van der Waals surface area contributed by atoms with Gasteiger partial charge in [-0.3, -0.25) is 0 Å². The number of halogens is 2. The first-order valence-corrected chi connectivity index (χ1v) is 10.1. The lowest BCUT2D eigenvalue weighted by Gasteiger charge is -2.43. The average Bonchev–Trinajstić information content (AvgIpc) is 3.15. The van der Waals surface area contributed by atoms with E-state index >= 15 is 0 Å². The van der Waals surface area contributed by atoms with Gasteiger partial charge in [-0.15, -0.1) is 0 Å². The van der Waals surface area contributed by atoms with Gasteiger partial charge in [0.15, 0.2) is 0 Å². The van der Waals surface area contributed by atoms with Crippen LogP contribution in [0.3, 0.4) is 0 Å². The fourth-order valence-corrected chi connectivity index (χ4v) is 4.00. The number of hydrogen-bond donors (Lipinski definition) is 0. The van der Waals surface area contributed by atoms with Crippen LogP contribution < -0.4 is 4.74 Å². The zero-order valence-electron chi connectivity index (χ0n) is 16.1. The number of benzene rings is 2. The van der Waals surface area contributed by atoms with Gasteiger partial charge in [-0.25, -0.2) is 9.67 Å². The first-order chi connectivity index (χ1) is 13.9. The molecule has 152 valence electrons. The normalized spacial score (nSPS) is 24.4. The van der Waals surface area contributed by atoms with Crippen molar-refractivity contribution in [2.45, 2.75) is 44.8 Å². The SMILES string of the molecule is CC1CC(C)OC(Cn2cncn2)(c2ccc(Oc3ccc(Cl)cc3)cc2Cl)O1. The molecule has 1 fully saturated rings. The molecule has 1 saturated heterocycles. The predicted molar refractivity (Wildman–Crippen MR) is 110 cm³/mol. The number of ether oxygens (including phenoxy) is 3. The summed E-state index contributed by atoms with van der Waals surface area (Å²) >= 11 is 12.6. The van der Waals surface area contributed by atoms with E-state index in [9.17, 15) is 0 Å². The van der Waals surface area contributed by atoms with Crippen LogP contribution in [0, 0.1) is 0 Å². The summed E-state index contributed by atoms with van der Waals surface area (Å²) in [5.74, 6) is 0.206. The van der Waals surface area contributed by atoms with Crippen molar-refractivity contribution in [3.05, 3.63) is 70.7 Å². The summed E-state index contributed by atoms with van der Waals surface area (Å²) < 4.78 is 20.2. The van der Waals surface area contributed by atoms with Gasteiger partial charge in [0.05, 0.1) is 17.2 Å². The monoisotopic (exact) mass is 433 g/mol. The lowest BCUT2D eigenvalue weighted by Crippen LogP contribution is -2.47. The molecule has 1 aliphatic heterocycles. The summed E-state index contributed by atoms with van der Waals surface area (Å²) in [4.78, 5) is 4.02. The van der Waals surface area contributed by atoms with Crippen LogP contribution in [0.2, 0.25) is 10.0 Å². The molecule has 2 heterocycles. The highest BCUT2D eigenvalue weighted by Crippen LogP contribution is 2.42. The molecule has 0 radical (unpaired) electrons. The van der Waals surface area contributed by atoms with Crippen molar-refractivity contribution in [2.24, 2.45) is 0 Å². The van der Waals surface area contributed by atoms with E-state index in [1.165, 1.54) is 6.33 Å². The van der Waals surface area contributed by atoms with Gasteiger partial charge in [0, 0.05) is 10.6 Å². The molecule has 0 spiro atoms. The van der Waals surface area contributed by atoms with Gasteiger partial charge in [-0.2, -0.15) is 5.10 Å². The highest BCUT2D eigenvalue weighted by Gasteiger charge is 2.44. The molecule has 0 amide bonds. The molecule has 4 rings (SSSR count). The first-order valence-electron chi connectivity index (χ1n) is 9.35. The van der Waals surface area contributed by atoms with E-state index in [0.29, 0.717) is 28.1 Å². The summed E-state index contributed by atoms with van der Waals surface area (Å²) in [6.45, 7) is 4.39. The van der Waals surface area contributed by atoms with Crippen molar-refractivity contribution >= 4 is 23.2 Å². The molecule has 8 heteroatoms. The number of rotatable bonds is 5. The maximum atomic E-state index is 6.67. The van der Waals surface area contributed by atoms with Crippen molar-refractivity contribution in [1.29, 1.82) is 0 Å². The zero-order chi connectivity index (χ0) is 20.4. The number of aromatic nitrogens is 3. The third kappa shape index (κ3) is 4.56. The molecular weight excluding hydrogens is 413 g/mol. The molecule has 1 aliphatic rings. The van der Waals surface area contributed by atoms with Crippen LogP contribution >= 0.6 is 23.2 Å². The molecule has 0 bridgehead atoms. The lowest BCUT2D eigenvalue weighted by atomic mass is 10.0. The van der Waals surface area contributed by atoms with Crippen LogP contribution in [0.5, 0.6) is 11.5 Å². The zero-order valence-corrected chi connectivity index (χ0v) is 17.6. The minimum Gasteiger partial charge on any atom is -0.457 e. The van der Waals surface area contributed by atoms with Gasteiger partial charge >= 0.3 is 0 Å². The quantitative estimate of drug-likeness (QED) is 0.535. The molecule has 6 nitrogen and oxygen atoms in total. The van der Waals surface area contributed by atoms with Crippen LogP contribution in [0.15, 0.2) is 55.1 Å². The highest BCUT2D eigenvalue weighted by atomic mass is 35.5. The van der Waals surface area contributed by atoms with Gasteiger partial charge in [0.2, 0.25) is 5.79 Å². The Morgan fingerprint density at radius 3 is 2.38 bits per heavy atom. The van der Waals surface area contributed by atoms with Gasteiger partial charge in [-0.05, 0) is 62.7 Å². The van der Waals surface area contributed by atoms with E-state index in [0.717, 1.165) is 12.0 Å². The fraction of sp³-hybridized carbons (Fsp3) is 0.333. The Labute approximate surface area is 179 Å². The van der Waals surface area contributed by atoms with Crippen molar-refractivity contribution < 1.29 is 14.2 Å². The number of hydrogen-bond acceptors (Lipinski definition) is 5. The highest BCUT2D eigenvalue weighted by molar-refractivity contribution is 6.31. The smallest absolute Gasteiger partial charge is 0.217 e. The van der Waals surface area contributed by atoms with Crippen molar-refractivity contribution in [1.82, 2.24) is 14.8 Å². The minimum absolute atomic E-state index is 0.00309. The maximum Gasteiger partial charge on any atom is 0.217 e. The standard InChI is InChI=1S/C21H21Cl2N3O3/c1-14-9-15(2)29-21(28-14,11-26-13-24-12-25-26)19-8-7-18(10-20(19)23)27-17-5-3-16(22)4-6-17/h3-8,10,12-15H,9,11H2,1-2H3. The largest absolute Gasteiger partial charge is 0.457 e. The second-order valence-electron chi connectivity index (χ2n) is 7.14.